The van der Waals surface area contributed by atoms with Gasteiger partial charge in [-0.1, -0.05) is 13.0 Å². The van der Waals surface area contributed by atoms with Crippen molar-refractivity contribution in [3.8, 4) is 11.8 Å². The Morgan fingerprint density at radius 2 is 2.33 bits per heavy atom. The molecule has 1 atom stereocenters. The fourth-order valence-electron chi connectivity index (χ4n) is 1.33. The zero-order chi connectivity index (χ0) is 13.7. The van der Waals surface area contributed by atoms with Gasteiger partial charge in [-0.2, -0.15) is 5.26 Å². The molecule has 96 valence electrons. The molecule has 0 saturated carbocycles. The average molecular weight is 249 g/mol. The quantitative estimate of drug-likeness (QED) is 0.629. The molecule has 0 aliphatic carbocycles. The van der Waals surface area contributed by atoms with Gasteiger partial charge < -0.3 is 15.7 Å². The summed E-state index contributed by atoms with van der Waals surface area (Å²) in [6.45, 7) is 3.56. The van der Waals surface area contributed by atoms with Crippen molar-refractivity contribution in [2.75, 3.05) is 5.73 Å². The molecule has 1 rings (SSSR count). The second-order valence-corrected chi connectivity index (χ2v) is 3.79. The van der Waals surface area contributed by atoms with Gasteiger partial charge >= 0.3 is 6.09 Å². The highest BCUT2D eigenvalue weighted by Gasteiger charge is 2.22. The van der Waals surface area contributed by atoms with E-state index in [0.717, 1.165) is 5.06 Å². The minimum atomic E-state index is -1.21. The summed E-state index contributed by atoms with van der Waals surface area (Å²) in [5.74, 6) is 0.139. The van der Waals surface area contributed by atoms with Crippen LogP contribution in [0, 0.1) is 11.3 Å². The molecule has 0 saturated heterocycles. The highest BCUT2D eigenvalue weighted by molar-refractivity contribution is 5.65. The van der Waals surface area contributed by atoms with Gasteiger partial charge in [0.05, 0.1) is 11.7 Å². The normalized spacial score (nSPS) is 11.4. The highest BCUT2D eigenvalue weighted by atomic mass is 16.7. The van der Waals surface area contributed by atoms with Crippen LogP contribution in [0.25, 0.3) is 0 Å². The summed E-state index contributed by atoms with van der Waals surface area (Å²) in [6.07, 6.45) is -0.619. The molecule has 1 unspecified atom stereocenters. The summed E-state index contributed by atoms with van der Waals surface area (Å²) in [6, 6.07) is 6.23. The van der Waals surface area contributed by atoms with Crippen LogP contribution in [0.4, 0.5) is 10.5 Å². The number of carbonyl (C=O) groups is 1. The second-order valence-electron chi connectivity index (χ2n) is 3.79. The molecule has 1 aromatic rings. The fourth-order valence-corrected chi connectivity index (χ4v) is 1.33. The predicted octanol–water partition coefficient (Wildman–Crippen LogP) is 2.21. The second kappa shape index (κ2) is 5.77. The Kier molecular flexibility index (Phi) is 4.38. The van der Waals surface area contributed by atoms with Gasteiger partial charge in [-0.05, 0) is 25.5 Å². The van der Waals surface area contributed by atoms with Crippen molar-refractivity contribution in [2.24, 2.45) is 0 Å². The molecule has 6 heteroatoms. The van der Waals surface area contributed by atoms with Crippen molar-refractivity contribution in [3.63, 3.8) is 0 Å². The van der Waals surface area contributed by atoms with Gasteiger partial charge in [0.1, 0.15) is 11.6 Å². The third-order valence-corrected chi connectivity index (χ3v) is 2.55. The summed E-state index contributed by atoms with van der Waals surface area (Å²) in [7, 11) is 0. The minimum absolute atomic E-state index is 0.132. The van der Waals surface area contributed by atoms with Crippen molar-refractivity contribution in [2.45, 2.75) is 26.3 Å². The number of nitrogens with two attached hydrogens (primary N) is 1. The number of nitriles is 1. The van der Waals surface area contributed by atoms with Gasteiger partial charge in [0.15, 0.2) is 5.75 Å². The third kappa shape index (κ3) is 2.83. The largest absolute Gasteiger partial charge is 0.463 e. The number of benzene rings is 1. The van der Waals surface area contributed by atoms with Crippen LogP contribution in [0.5, 0.6) is 5.75 Å². The Bertz CT molecular complexity index is 482. The Morgan fingerprint density at radius 1 is 1.67 bits per heavy atom. The van der Waals surface area contributed by atoms with Crippen LogP contribution in [0.1, 0.15) is 25.8 Å². The Morgan fingerprint density at radius 3 is 2.83 bits per heavy atom. The number of hydroxylamine groups is 2. The Hall–Kier alpha value is -2.42. The summed E-state index contributed by atoms with van der Waals surface area (Å²) in [5, 5.41) is 18.8. The van der Waals surface area contributed by atoms with Crippen molar-refractivity contribution in [3.05, 3.63) is 23.8 Å². The summed E-state index contributed by atoms with van der Waals surface area (Å²) >= 11 is 0. The molecule has 3 N–H and O–H groups in total. The van der Waals surface area contributed by atoms with E-state index >= 15 is 0 Å². The molecule has 6 nitrogen and oxygen atoms in total. The lowest BCUT2D eigenvalue weighted by Gasteiger charge is -2.25. The van der Waals surface area contributed by atoms with Gasteiger partial charge in [0, 0.05) is 0 Å². The molecule has 0 spiro atoms. The lowest BCUT2D eigenvalue weighted by molar-refractivity contribution is -0.0646. The zero-order valence-electron chi connectivity index (χ0n) is 10.3. The maximum Gasteiger partial charge on any atom is 0.440 e. The first-order valence-corrected chi connectivity index (χ1v) is 5.50. The van der Waals surface area contributed by atoms with Crippen LogP contribution in [0.15, 0.2) is 18.2 Å². The van der Waals surface area contributed by atoms with Crippen LogP contribution in [0.2, 0.25) is 0 Å². The molecular weight excluding hydrogens is 234 g/mol. The van der Waals surface area contributed by atoms with Gasteiger partial charge in [0.25, 0.3) is 0 Å². The van der Waals surface area contributed by atoms with Gasteiger partial charge in [0.2, 0.25) is 0 Å². The van der Waals surface area contributed by atoms with E-state index in [1.54, 1.807) is 19.1 Å². The smallest absolute Gasteiger partial charge is 0.440 e. The monoisotopic (exact) mass is 249 g/mol. The van der Waals surface area contributed by atoms with Crippen molar-refractivity contribution < 1.29 is 14.7 Å². The number of carboxylic acid groups (broad SMARTS) is 1. The molecule has 0 heterocycles. The van der Waals surface area contributed by atoms with E-state index < -0.39 is 6.09 Å². The van der Waals surface area contributed by atoms with Crippen molar-refractivity contribution in [1.29, 1.82) is 5.26 Å². The van der Waals surface area contributed by atoms with Crippen LogP contribution >= 0.6 is 0 Å². The van der Waals surface area contributed by atoms with E-state index in [2.05, 4.69) is 0 Å². The molecule has 0 aliphatic heterocycles. The predicted molar refractivity (Wildman–Crippen MR) is 65.8 cm³/mol. The number of rotatable bonds is 4. The summed E-state index contributed by atoms with van der Waals surface area (Å²) < 4.78 is 0. The molecule has 0 radical (unpaired) electrons. The van der Waals surface area contributed by atoms with Crippen LogP contribution in [-0.4, -0.2) is 22.3 Å². The zero-order valence-corrected chi connectivity index (χ0v) is 10.3. The Balaban J connectivity index is 3.06. The summed E-state index contributed by atoms with van der Waals surface area (Å²) in [5.41, 5.74) is 6.01. The molecule has 0 aromatic heterocycles. The van der Waals surface area contributed by atoms with Gasteiger partial charge in [-0.25, -0.2) is 4.79 Å². The number of amides is 1. The van der Waals surface area contributed by atoms with Crippen LogP contribution in [-0.2, 0) is 0 Å². The van der Waals surface area contributed by atoms with Crippen molar-refractivity contribution >= 4 is 11.8 Å². The third-order valence-electron chi connectivity index (χ3n) is 2.55. The number of nitrogens with zero attached hydrogens (tertiary/aromatic N) is 2. The van der Waals surface area contributed by atoms with Gasteiger partial charge in [-0.3, -0.25) is 0 Å². The SMILES string of the molecule is CCC(C)N(Oc1cccc(N)c1C#N)C(=O)O. The van der Waals surface area contributed by atoms with E-state index in [-0.39, 0.29) is 23.0 Å². The van der Waals surface area contributed by atoms with E-state index in [0.29, 0.717) is 6.42 Å². The molecule has 1 aromatic carbocycles. The first-order chi connectivity index (χ1) is 8.51. The lowest BCUT2D eigenvalue weighted by atomic mass is 10.2. The molecule has 18 heavy (non-hydrogen) atoms. The molecule has 0 fully saturated rings. The highest BCUT2D eigenvalue weighted by Crippen LogP contribution is 2.24. The fraction of sp³-hybridized carbons (Fsp3) is 0.333. The van der Waals surface area contributed by atoms with Crippen LogP contribution in [0.3, 0.4) is 0 Å². The van der Waals surface area contributed by atoms with E-state index in [1.807, 2.05) is 13.0 Å². The number of nitrogen functional groups attached to an aromatic ring is 1. The molecule has 0 bridgehead atoms. The maximum atomic E-state index is 11.1. The van der Waals surface area contributed by atoms with E-state index in [4.69, 9.17) is 20.9 Å². The maximum absolute atomic E-state index is 11.1. The lowest BCUT2D eigenvalue weighted by Crippen LogP contribution is -2.40. The van der Waals surface area contributed by atoms with Crippen molar-refractivity contribution in [1.82, 2.24) is 5.06 Å². The van der Waals surface area contributed by atoms with Gasteiger partial charge in [-0.15, -0.1) is 5.06 Å². The summed E-state index contributed by atoms with van der Waals surface area (Å²) in [4.78, 5) is 16.3. The number of hydrogen-bond acceptors (Lipinski definition) is 4. The molecule has 1 amide bonds. The van der Waals surface area contributed by atoms with E-state index in [9.17, 15) is 4.79 Å². The molecular formula is C12H15N3O3. The standard InChI is InChI=1S/C12H15N3O3/c1-3-8(2)15(12(16)17)18-11-6-4-5-10(14)9(11)7-13/h4-6,8H,3,14H2,1-2H3,(H,16,17). The van der Waals surface area contributed by atoms with Crippen LogP contribution < -0.4 is 10.6 Å². The topological polar surface area (TPSA) is 99.6 Å². The minimum Gasteiger partial charge on any atom is -0.463 e. The first kappa shape index (κ1) is 13.6. The Labute approximate surface area is 105 Å². The van der Waals surface area contributed by atoms with E-state index in [1.165, 1.54) is 6.07 Å². The first-order valence-electron chi connectivity index (χ1n) is 5.50. The average Bonchev–Trinajstić information content (AvgIpc) is 2.34. The number of hydrogen-bond donors (Lipinski definition) is 2. The number of anilines is 1. The molecule has 0 aliphatic rings.